The third kappa shape index (κ3) is 5.82. The van der Waals surface area contributed by atoms with Crippen LogP contribution in [0, 0.1) is 0 Å². The summed E-state index contributed by atoms with van der Waals surface area (Å²) in [5, 5.41) is 0. The van der Waals surface area contributed by atoms with Crippen molar-refractivity contribution >= 4 is 22.9 Å². The van der Waals surface area contributed by atoms with Gasteiger partial charge in [-0.05, 0) is 25.0 Å². The van der Waals surface area contributed by atoms with Crippen LogP contribution in [-0.4, -0.2) is 33.0 Å². The number of nitrogens with two attached hydrogens (primary N) is 1. The molecule has 0 bridgehead atoms. The van der Waals surface area contributed by atoms with Crippen LogP contribution < -0.4 is 5.73 Å². The van der Waals surface area contributed by atoms with Crippen LogP contribution in [0.25, 0.3) is 0 Å². The highest BCUT2D eigenvalue weighted by molar-refractivity contribution is 7.16. The van der Waals surface area contributed by atoms with Crippen molar-refractivity contribution in [1.82, 2.24) is 0 Å². The van der Waals surface area contributed by atoms with E-state index in [9.17, 15) is 0 Å². The van der Waals surface area contributed by atoms with Gasteiger partial charge in [-0.2, -0.15) is 0 Å². The van der Waals surface area contributed by atoms with Gasteiger partial charge in [-0.25, -0.2) is 0 Å². The first-order valence-electron chi connectivity index (χ1n) is 5.29. The number of hydrogen-bond acceptors (Lipinski definition) is 4. The van der Waals surface area contributed by atoms with E-state index in [0.29, 0.717) is 19.8 Å². The molecule has 0 radical (unpaired) electrons. The normalized spacial score (nSPS) is 12.9. The van der Waals surface area contributed by atoms with Gasteiger partial charge in [0.15, 0.2) is 0 Å². The molecule has 0 saturated carbocycles. The molecule has 1 aromatic rings. The summed E-state index contributed by atoms with van der Waals surface area (Å²) in [4.78, 5) is 1.23. The van der Waals surface area contributed by atoms with Crippen LogP contribution in [0.4, 0.5) is 0 Å². The second kappa shape index (κ2) is 8.03. The molecule has 1 rings (SSSR count). The summed E-state index contributed by atoms with van der Waals surface area (Å²) in [6.07, 6.45) is 1.73. The van der Waals surface area contributed by atoms with Crippen molar-refractivity contribution in [2.75, 3.05) is 26.9 Å². The summed E-state index contributed by atoms with van der Waals surface area (Å²) < 4.78 is 11.1. The van der Waals surface area contributed by atoms with Gasteiger partial charge in [0.25, 0.3) is 0 Å². The Labute approximate surface area is 105 Å². The zero-order valence-corrected chi connectivity index (χ0v) is 11.0. The number of methoxy groups -OCH3 is 1. The van der Waals surface area contributed by atoms with E-state index in [1.807, 2.05) is 12.1 Å². The van der Waals surface area contributed by atoms with Gasteiger partial charge in [0.2, 0.25) is 0 Å². The molecule has 1 aromatic heterocycles. The van der Waals surface area contributed by atoms with E-state index in [2.05, 4.69) is 0 Å². The molecule has 2 N–H and O–H groups in total. The van der Waals surface area contributed by atoms with E-state index in [4.69, 9.17) is 26.8 Å². The quantitative estimate of drug-likeness (QED) is 0.732. The van der Waals surface area contributed by atoms with Crippen molar-refractivity contribution in [3.8, 4) is 0 Å². The maximum atomic E-state index is 5.98. The summed E-state index contributed by atoms with van der Waals surface area (Å²) >= 11 is 7.43. The molecular formula is C11H18ClNO2S. The van der Waals surface area contributed by atoms with Gasteiger partial charge in [-0.1, -0.05) is 11.6 Å². The van der Waals surface area contributed by atoms with E-state index in [0.717, 1.165) is 17.2 Å². The molecule has 1 atom stereocenters. The SMILES string of the molecule is COCCOCCC(N)Cc1ccc(Cl)s1. The zero-order chi connectivity index (χ0) is 11.8. The monoisotopic (exact) mass is 263 g/mol. The molecule has 3 nitrogen and oxygen atoms in total. The Hall–Kier alpha value is -0.130. The molecule has 1 heterocycles. The molecule has 0 spiro atoms. The first-order valence-corrected chi connectivity index (χ1v) is 6.48. The van der Waals surface area contributed by atoms with Crippen LogP contribution >= 0.6 is 22.9 Å². The molecule has 16 heavy (non-hydrogen) atoms. The minimum absolute atomic E-state index is 0.136. The van der Waals surface area contributed by atoms with Crippen LogP contribution in [0.2, 0.25) is 4.34 Å². The molecule has 1 unspecified atom stereocenters. The minimum atomic E-state index is 0.136. The Morgan fingerprint density at radius 1 is 1.38 bits per heavy atom. The van der Waals surface area contributed by atoms with Crippen molar-refractivity contribution in [2.24, 2.45) is 5.73 Å². The standard InChI is InChI=1S/C11H18ClNO2S/c1-14-6-7-15-5-4-9(13)8-10-2-3-11(12)16-10/h2-3,9H,4-8,13H2,1H3. The maximum absolute atomic E-state index is 5.98. The predicted octanol–water partition coefficient (Wildman–Crippen LogP) is 2.32. The molecule has 0 aliphatic carbocycles. The van der Waals surface area contributed by atoms with Crippen LogP contribution in [0.15, 0.2) is 12.1 Å². The zero-order valence-electron chi connectivity index (χ0n) is 9.45. The fraction of sp³-hybridized carbons (Fsp3) is 0.636. The summed E-state index contributed by atoms with van der Waals surface area (Å²) in [6, 6.07) is 4.07. The van der Waals surface area contributed by atoms with Crippen molar-refractivity contribution in [1.29, 1.82) is 0 Å². The molecule has 0 aliphatic rings. The van der Waals surface area contributed by atoms with E-state index in [1.165, 1.54) is 4.88 Å². The number of ether oxygens (including phenoxy) is 2. The Morgan fingerprint density at radius 3 is 2.81 bits per heavy atom. The number of hydrogen-bond donors (Lipinski definition) is 1. The summed E-state index contributed by atoms with van der Waals surface area (Å²) in [5.41, 5.74) is 5.98. The van der Waals surface area contributed by atoms with Gasteiger partial charge < -0.3 is 15.2 Å². The highest BCUT2D eigenvalue weighted by atomic mass is 35.5. The molecule has 0 fully saturated rings. The van der Waals surface area contributed by atoms with Crippen LogP contribution in [-0.2, 0) is 15.9 Å². The molecule has 0 amide bonds. The predicted molar refractivity (Wildman–Crippen MR) is 68.3 cm³/mol. The van der Waals surface area contributed by atoms with E-state index in [1.54, 1.807) is 18.4 Å². The van der Waals surface area contributed by atoms with Crippen LogP contribution in [0.3, 0.4) is 0 Å². The van der Waals surface area contributed by atoms with Crippen molar-refractivity contribution < 1.29 is 9.47 Å². The average molecular weight is 264 g/mol. The van der Waals surface area contributed by atoms with Gasteiger partial charge in [0, 0.05) is 24.6 Å². The van der Waals surface area contributed by atoms with Crippen LogP contribution in [0.5, 0.6) is 0 Å². The van der Waals surface area contributed by atoms with Gasteiger partial charge in [0.05, 0.1) is 17.6 Å². The lowest BCUT2D eigenvalue weighted by Crippen LogP contribution is -2.24. The lowest BCUT2D eigenvalue weighted by atomic mass is 10.1. The largest absolute Gasteiger partial charge is 0.382 e. The molecule has 0 aliphatic heterocycles. The Morgan fingerprint density at radius 2 is 2.19 bits per heavy atom. The second-order valence-corrected chi connectivity index (χ2v) is 5.36. The first-order chi connectivity index (χ1) is 7.72. The maximum Gasteiger partial charge on any atom is 0.0931 e. The summed E-state index contributed by atoms with van der Waals surface area (Å²) in [6.45, 7) is 1.95. The van der Waals surface area contributed by atoms with Crippen molar-refractivity contribution in [3.63, 3.8) is 0 Å². The Kier molecular flexibility index (Phi) is 7.00. The number of thiophene rings is 1. The minimum Gasteiger partial charge on any atom is -0.382 e. The van der Waals surface area contributed by atoms with Gasteiger partial charge >= 0.3 is 0 Å². The third-order valence-corrected chi connectivity index (χ3v) is 3.41. The van der Waals surface area contributed by atoms with Gasteiger partial charge in [0.1, 0.15) is 0 Å². The first kappa shape index (κ1) is 13.9. The van der Waals surface area contributed by atoms with Gasteiger partial charge in [-0.3, -0.25) is 0 Å². The third-order valence-electron chi connectivity index (χ3n) is 2.16. The smallest absolute Gasteiger partial charge is 0.0931 e. The highest BCUT2D eigenvalue weighted by Gasteiger charge is 2.06. The molecule has 5 heteroatoms. The highest BCUT2D eigenvalue weighted by Crippen LogP contribution is 2.22. The fourth-order valence-electron chi connectivity index (χ4n) is 1.30. The lowest BCUT2D eigenvalue weighted by molar-refractivity contribution is 0.0672. The van der Waals surface area contributed by atoms with E-state index in [-0.39, 0.29) is 6.04 Å². The lowest BCUT2D eigenvalue weighted by Gasteiger charge is -2.10. The fourth-order valence-corrected chi connectivity index (χ4v) is 2.48. The molecule has 92 valence electrons. The Balaban J connectivity index is 2.09. The average Bonchev–Trinajstić information content (AvgIpc) is 2.63. The van der Waals surface area contributed by atoms with E-state index >= 15 is 0 Å². The van der Waals surface area contributed by atoms with Crippen LogP contribution in [0.1, 0.15) is 11.3 Å². The van der Waals surface area contributed by atoms with Crippen molar-refractivity contribution in [3.05, 3.63) is 21.3 Å². The molecule has 0 saturated heterocycles. The molecular weight excluding hydrogens is 246 g/mol. The summed E-state index contributed by atoms with van der Waals surface area (Å²) in [5.74, 6) is 0. The molecule has 0 aromatic carbocycles. The summed E-state index contributed by atoms with van der Waals surface area (Å²) in [7, 11) is 1.66. The van der Waals surface area contributed by atoms with Crippen molar-refractivity contribution in [2.45, 2.75) is 18.9 Å². The number of halogens is 1. The second-order valence-electron chi connectivity index (χ2n) is 3.56. The van der Waals surface area contributed by atoms with E-state index < -0.39 is 0 Å². The topological polar surface area (TPSA) is 44.5 Å². The van der Waals surface area contributed by atoms with Gasteiger partial charge in [-0.15, -0.1) is 11.3 Å². The Bertz CT molecular complexity index is 293. The number of rotatable bonds is 8.